The van der Waals surface area contributed by atoms with Crippen molar-refractivity contribution in [2.24, 2.45) is 0 Å². The van der Waals surface area contributed by atoms with Gasteiger partial charge in [0.05, 0.1) is 6.10 Å². The van der Waals surface area contributed by atoms with Crippen LogP contribution in [0, 0.1) is 0 Å². The molecule has 64 valence electrons. The van der Waals surface area contributed by atoms with Crippen molar-refractivity contribution in [3.05, 3.63) is 0 Å². The monoisotopic (exact) mass is 152 g/mol. The molecule has 2 atom stereocenters. The first kappa shape index (κ1) is 12.5. The Balaban J connectivity index is 0. The number of rotatable bonds is 3. The zero-order valence-corrected chi connectivity index (χ0v) is 6.84. The third kappa shape index (κ3) is 5.98. The van der Waals surface area contributed by atoms with E-state index in [4.69, 9.17) is 10.2 Å². The molecule has 0 aromatic heterocycles. The Kier molecular flexibility index (Phi) is 11.1. The van der Waals surface area contributed by atoms with Crippen molar-refractivity contribution in [3.8, 4) is 0 Å². The maximum Gasteiger partial charge on any atom is 0.118 e. The van der Waals surface area contributed by atoms with Crippen molar-refractivity contribution >= 4 is 0 Å². The largest absolute Gasteiger partial charge is 0.390 e. The zero-order valence-electron chi connectivity index (χ0n) is 6.84. The molecule has 0 rings (SSSR count). The van der Waals surface area contributed by atoms with Crippen molar-refractivity contribution in [3.63, 3.8) is 0 Å². The predicted molar refractivity (Wildman–Crippen MR) is 39.6 cm³/mol. The quantitative estimate of drug-likeness (QED) is 0.636. The predicted octanol–water partition coefficient (Wildman–Crippen LogP) is 1.11. The van der Waals surface area contributed by atoms with E-state index in [1.165, 1.54) is 0 Å². The number of alkyl halides is 1. The molecular formula is C7H17FO2. The highest BCUT2D eigenvalue weighted by atomic mass is 19.1. The van der Waals surface area contributed by atoms with Crippen LogP contribution in [0.5, 0.6) is 0 Å². The Morgan fingerprint density at radius 3 is 1.70 bits per heavy atom. The van der Waals surface area contributed by atoms with Crippen LogP contribution < -0.4 is 0 Å². The van der Waals surface area contributed by atoms with Gasteiger partial charge in [-0.2, -0.15) is 0 Å². The summed E-state index contributed by atoms with van der Waals surface area (Å²) in [7, 11) is 0. The lowest BCUT2D eigenvalue weighted by Gasteiger charge is -2.10. The first-order chi connectivity index (χ1) is 4.72. The molecule has 3 heteroatoms. The lowest BCUT2D eigenvalue weighted by atomic mass is 10.2. The summed E-state index contributed by atoms with van der Waals surface area (Å²) in [4.78, 5) is 0. The molecule has 0 fully saturated rings. The van der Waals surface area contributed by atoms with Gasteiger partial charge in [-0.05, 0) is 6.42 Å². The summed E-state index contributed by atoms with van der Waals surface area (Å²) in [6, 6.07) is 0. The second kappa shape index (κ2) is 8.85. The van der Waals surface area contributed by atoms with Crippen LogP contribution >= 0.6 is 0 Å². The van der Waals surface area contributed by atoms with Gasteiger partial charge in [0, 0.05) is 0 Å². The van der Waals surface area contributed by atoms with Gasteiger partial charge in [-0.1, -0.05) is 20.8 Å². The molecule has 0 saturated carbocycles. The molecule has 0 aromatic carbocycles. The first-order valence-electron chi connectivity index (χ1n) is 3.64. The van der Waals surface area contributed by atoms with Gasteiger partial charge in [-0.25, -0.2) is 4.39 Å². The fourth-order valence-electron chi connectivity index (χ4n) is 0.375. The Bertz CT molecular complexity index is 51.6. The summed E-state index contributed by atoms with van der Waals surface area (Å²) in [6.45, 7) is 4.82. The second-order valence-corrected chi connectivity index (χ2v) is 1.70. The lowest BCUT2D eigenvalue weighted by Crippen LogP contribution is -2.26. The fourth-order valence-corrected chi connectivity index (χ4v) is 0.375. The molecule has 2 N–H and O–H groups in total. The van der Waals surface area contributed by atoms with Gasteiger partial charge in [0.2, 0.25) is 0 Å². The summed E-state index contributed by atoms with van der Waals surface area (Å²) >= 11 is 0. The van der Waals surface area contributed by atoms with Gasteiger partial charge in [0.1, 0.15) is 12.8 Å². The summed E-state index contributed by atoms with van der Waals surface area (Å²) in [6.07, 6.45) is -1.70. The van der Waals surface area contributed by atoms with Gasteiger partial charge in [-0.15, -0.1) is 0 Å². The number of aliphatic hydroxyl groups excluding tert-OH is 2. The summed E-state index contributed by atoms with van der Waals surface area (Å²) in [5, 5.41) is 17.1. The Morgan fingerprint density at radius 1 is 1.20 bits per heavy atom. The van der Waals surface area contributed by atoms with Crippen LogP contribution in [-0.4, -0.2) is 29.1 Å². The van der Waals surface area contributed by atoms with E-state index in [2.05, 4.69) is 0 Å². The Labute approximate surface area is 61.7 Å². The van der Waals surface area contributed by atoms with Crippen LogP contribution in [0.4, 0.5) is 4.39 Å². The van der Waals surface area contributed by atoms with E-state index in [1.807, 2.05) is 13.8 Å². The van der Waals surface area contributed by atoms with Gasteiger partial charge in [-0.3, -0.25) is 0 Å². The summed E-state index contributed by atoms with van der Waals surface area (Å²) in [5.41, 5.74) is 0. The van der Waals surface area contributed by atoms with Gasteiger partial charge < -0.3 is 10.2 Å². The Hall–Kier alpha value is -0.150. The first-order valence-corrected chi connectivity index (χ1v) is 3.64. The van der Waals surface area contributed by atoms with E-state index in [1.54, 1.807) is 6.92 Å². The van der Waals surface area contributed by atoms with E-state index in [0.717, 1.165) is 0 Å². The van der Waals surface area contributed by atoms with Crippen molar-refractivity contribution in [1.29, 1.82) is 0 Å². The molecule has 2 unspecified atom stereocenters. The second-order valence-electron chi connectivity index (χ2n) is 1.70. The molecule has 0 saturated heterocycles. The van der Waals surface area contributed by atoms with E-state index >= 15 is 0 Å². The van der Waals surface area contributed by atoms with Crippen molar-refractivity contribution in [2.75, 3.05) is 6.67 Å². The maximum atomic E-state index is 11.4. The van der Waals surface area contributed by atoms with Crippen molar-refractivity contribution in [1.82, 2.24) is 0 Å². The molecule has 0 aliphatic heterocycles. The van der Waals surface area contributed by atoms with E-state index in [9.17, 15) is 4.39 Å². The highest BCUT2D eigenvalue weighted by molar-refractivity contribution is 4.62. The van der Waals surface area contributed by atoms with Crippen LogP contribution in [0.1, 0.15) is 27.2 Å². The highest BCUT2D eigenvalue weighted by Gasteiger charge is 2.12. The van der Waals surface area contributed by atoms with Crippen LogP contribution in [-0.2, 0) is 0 Å². The minimum Gasteiger partial charge on any atom is -0.390 e. The number of halogens is 1. The molecule has 0 amide bonds. The van der Waals surface area contributed by atoms with E-state index in [0.29, 0.717) is 6.42 Å². The van der Waals surface area contributed by atoms with E-state index < -0.39 is 18.9 Å². The zero-order chi connectivity index (χ0) is 8.57. The number of aliphatic hydroxyl groups is 2. The van der Waals surface area contributed by atoms with Crippen LogP contribution in [0.3, 0.4) is 0 Å². The average molecular weight is 152 g/mol. The third-order valence-electron chi connectivity index (χ3n) is 1.02. The molecule has 2 nitrogen and oxygen atoms in total. The van der Waals surface area contributed by atoms with Crippen LogP contribution in [0.25, 0.3) is 0 Å². The standard InChI is InChI=1S/C5H11FO2.C2H6/c1-2-4(7)5(8)3-6;1-2/h4-5,7-8H,2-3H2,1H3;1-2H3. The van der Waals surface area contributed by atoms with Crippen molar-refractivity contribution in [2.45, 2.75) is 39.4 Å². The lowest BCUT2D eigenvalue weighted by molar-refractivity contribution is 0.00369. The molecule has 0 spiro atoms. The molecule has 0 radical (unpaired) electrons. The van der Waals surface area contributed by atoms with Gasteiger partial charge >= 0.3 is 0 Å². The third-order valence-corrected chi connectivity index (χ3v) is 1.02. The number of hydrogen-bond acceptors (Lipinski definition) is 2. The molecule has 0 aliphatic rings. The van der Waals surface area contributed by atoms with Crippen LogP contribution in [0.15, 0.2) is 0 Å². The van der Waals surface area contributed by atoms with E-state index in [-0.39, 0.29) is 0 Å². The fraction of sp³-hybridized carbons (Fsp3) is 1.00. The summed E-state index contributed by atoms with van der Waals surface area (Å²) < 4.78 is 11.4. The highest BCUT2D eigenvalue weighted by Crippen LogP contribution is 1.97. The molecule has 0 bridgehead atoms. The minimum atomic E-state index is -1.19. The molecule has 10 heavy (non-hydrogen) atoms. The van der Waals surface area contributed by atoms with Gasteiger partial charge in [0.25, 0.3) is 0 Å². The normalized spacial score (nSPS) is 15.0. The Morgan fingerprint density at radius 2 is 1.60 bits per heavy atom. The average Bonchev–Trinajstić information content (AvgIpc) is 2.05. The summed E-state index contributed by atoms with van der Waals surface area (Å²) in [5.74, 6) is 0. The SMILES string of the molecule is CC.CCC(O)C(O)CF. The maximum absolute atomic E-state index is 11.4. The van der Waals surface area contributed by atoms with Gasteiger partial charge in [0.15, 0.2) is 0 Å². The topological polar surface area (TPSA) is 40.5 Å². The molecular weight excluding hydrogens is 135 g/mol. The smallest absolute Gasteiger partial charge is 0.118 e. The number of hydrogen-bond donors (Lipinski definition) is 2. The molecule has 0 aromatic rings. The molecule has 0 aliphatic carbocycles. The van der Waals surface area contributed by atoms with Crippen molar-refractivity contribution < 1.29 is 14.6 Å². The molecule has 0 heterocycles. The van der Waals surface area contributed by atoms with Crippen LogP contribution in [0.2, 0.25) is 0 Å². The minimum absolute atomic E-state index is 0.394.